The molecule has 1 atom stereocenters. The number of carbonyl (C=O) groups is 1. The Morgan fingerprint density at radius 2 is 2.15 bits per heavy atom. The van der Waals surface area contributed by atoms with Gasteiger partial charge in [0.15, 0.2) is 0 Å². The fourth-order valence-corrected chi connectivity index (χ4v) is 3.04. The van der Waals surface area contributed by atoms with Crippen LogP contribution < -0.4 is 15.0 Å². The predicted octanol–water partition coefficient (Wildman–Crippen LogP) is 2.46. The smallest absolute Gasteiger partial charge is 0.387 e. The number of alkyl halides is 2. The Bertz CT molecular complexity index is 886. The summed E-state index contributed by atoms with van der Waals surface area (Å²) in [6.45, 7) is -0.917. The molecule has 0 aliphatic carbocycles. The zero-order valence-electron chi connectivity index (χ0n) is 14.6. The largest absolute Gasteiger partial charge is 0.427 e. The van der Waals surface area contributed by atoms with Gasteiger partial charge in [-0.25, -0.2) is 0 Å². The Balaban J connectivity index is 1.78. The molecule has 1 amide bonds. The molecule has 144 valence electrons. The van der Waals surface area contributed by atoms with Gasteiger partial charge >= 0.3 is 12.3 Å². The topological polar surface area (TPSA) is 103 Å². The highest BCUT2D eigenvalue weighted by atomic mass is 19.3. The van der Waals surface area contributed by atoms with Crippen LogP contribution in [0.25, 0.3) is 0 Å². The maximum absolute atomic E-state index is 12.7. The van der Waals surface area contributed by atoms with Gasteiger partial charge in [-0.1, -0.05) is 0 Å². The molecule has 3 rings (SSSR count). The SMILES string of the molecule is Cc1cc(N2CCC(Nc3ccc([N+](=O)[O-])c(OC(F)F)c3)C2=O)n(C)n1. The van der Waals surface area contributed by atoms with Crippen molar-refractivity contribution in [1.29, 1.82) is 0 Å². The average Bonchev–Trinajstić information content (AvgIpc) is 3.09. The van der Waals surface area contributed by atoms with E-state index in [2.05, 4.69) is 15.2 Å². The molecule has 27 heavy (non-hydrogen) atoms. The number of carbonyl (C=O) groups excluding carboxylic acids is 1. The highest BCUT2D eigenvalue weighted by Gasteiger charge is 2.34. The summed E-state index contributed by atoms with van der Waals surface area (Å²) in [7, 11) is 1.74. The van der Waals surface area contributed by atoms with Gasteiger partial charge in [0.25, 0.3) is 5.91 Å². The summed E-state index contributed by atoms with van der Waals surface area (Å²) in [4.78, 5) is 24.4. The van der Waals surface area contributed by atoms with E-state index in [9.17, 15) is 23.7 Å². The molecule has 0 spiro atoms. The molecule has 9 nitrogen and oxygen atoms in total. The van der Waals surface area contributed by atoms with E-state index in [0.717, 1.165) is 17.8 Å². The Labute approximate surface area is 152 Å². The van der Waals surface area contributed by atoms with Crippen molar-refractivity contribution in [2.24, 2.45) is 7.05 Å². The van der Waals surface area contributed by atoms with E-state index in [1.54, 1.807) is 22.7 Å². The summed E-state index contributed by atoms with van der Waals surface area (Å²) >= 11 is 0. The van der Waals surface area contributed by atoms with Gasteiger partial charge in [-0.3, -0.25) is 24.5 Å². The Hall–Kier alpha value is -3.24. The minimum absolute atomic E-state index is 0.201. The van der Waals surface area contributed by atoms with Gasteiger partial charge in [-0.15, -0.1) is 0 Å². The van der Waals surface area contributed by atoms with E-state index in [1.165, 1.54) is 6.07 Å². The summed E-state index contributed by atoms with van der Waals surface area (Å²) in [5.41, 5.74) is 0.476. The summed E-state index contributed by atoms with van der Waals surface area (Å²) < 4.78 is 30.8. The first-order valence-electron chi connectivity index (χ1n) is 8.08. The molecule has 1 aliphatic heterocycles. The monoisotopic (exact) mass is 381 g/mol. The first kappa shape index (κ1) is 18.5. The minimum atomic E-state index is -3.20. The second-order valence-electron chi connectivity index (χ2n) is 6.06. The van der Waals surface area contributed by atoms with E-state index in [-0.39, 0.29) is 11.6 Å². The average molecular weight is 381 g/mol. The van der Waals surface area contributed by atoms with Gasteiger partial charge in [0, 0.05) is 37.5 Å². The second kappa shape index (κ2) is 7.17. The molecule has 1 aliphatic rings. The normalized spacial score (nSPS) is 16.9. The van der Waals surface area contributed by atoms with Crippen LogP contribution >= 0.6 is 0 Å². The van der Waals surface area contributed by atoms with Crippen molar-refractivity contribution < 1.29 is 23.2 Å². The number of nitrogens with zero attached hydrogens (tertiary/aromatic N) is 4. The van der Waals surface area contributed by atoms with E-state index in [0.29, 0.717) is 18.8 Å². The first-order valence-corrected chi connectivity index (χ1v) is 8.08. The van der Waals surface area contributed by atoms with Crippen LogP contribution in [0.4, 0.5) is 26.0 Å². The number of amides is 1. The molecule has 11 heteroatoms. The molecule has 1 fully saturated rings. The highest BCUT2D eigenvalue weighted by Crippen LogP contribution is 2.32. The molecule has 1 aromatic carbocycles. The van der Waals surface area contributed by atoms with Gasteiger partial charge in [0.1, 0.15) is 11.9 Å². The Morgan fingerprint density at radius 1 is 1.41 bits per heavy atom. The molecule has 1 saturated heterocycles. The zero-order chi connectivity index (χ0) is 19.7. The summed E-state index contributed by atoms with van der Waals surface area (Å²) in [5, 5.41) is 18.1. The van der Waals surface area contributed by atoms with Crippen LogP contribution in [0, 0.1) is 17.0 Å². The van der Waals surface area contributed by atoms with Crippen molar-refractivity contribution in [2.45, 2.75) is 26.0 Å². The van der Waals surface area contributed by atoms with Gasteiger partial charge in [0.05, 0.1) is 10.6 Å². The van der Waals surface area contributed by atoms with Crippen LogP contribution in [0.5, 0.6) is 5.75 Å². The van der Waals surface area contributed by atoms with Crippen LogP contribution in [0.1, 0.15) is 12.1 Å². The van der Waals surface area contributed by atoms with Gasteiger partial charge in [-0.2, -0.15) is 13.9 Å². The number of hydrogen-bond donors (Lipinski definition) is 1. The molecule has 0 saturated carbocycles. The lowest BCUT2D eigenvalue weighted by molar-refractivity contribution is -0.386. The molecule has 1 N–H and O–H groups in total. The number of halogens is 2. The van der Waals surface area contributed by atoms with Crippen LogP contribution in [0.3, 0.4) is 0 Å². The van der Waals surface area contributed by atoms with Gasteiger partial charge in [0.2, 0.25) is 5.75 Å². The fourth-order valence-electron chi connectivity index (χ4n) is 3.04. The van der Waals surface area contributed by atoms with Crippen molar-refractivity contribution in [3.05, 3.63) is 40.1 Å². The molecule has 1 unspecified atom stereocenters. The van der Waals surface area contributed by atoms with E-state index >= 15 is 0 Å². The third-order valence-electron chi connectivity index (χ3n) is 4.17. The van der Waals surface area contributed by atoms with Gasteiger partial charge in [-0.05, 0) is 19.4 Å². The van der Waals surface area contributed by atoms with Crippen LogP contribution in [0.2, 0.25) is 0 Å². The molecule has 0 bridgehead atoms. The number of benzene rings is 1. The lowest BCUT2D eigenvalue weighted by Crippen LogP contribution is -2.34. The number of anilines is 2. The molecule has 2 heterocycles. The molecular formula is C16H17F2N5O4. The van der Waals surface area contributed by atoms with Crippen LogP contribution in [0.15, 0.2) is 24.3 Å². The van der Waals surface area contributed by atoms with E-state index < -0.39 is 29.0 Å². The minimum Gasteiger partial charge on any atom is -0.427 e. The molecular weight excluding hydrogens is 364 g/mol. The maximum atomic E-state index is 12.7. The van der Waals surface area contributed by atoms with Crippen molar-refractivity contribution in [3.63, 3.8) is 0 Å². The Morgan fingerprint density at radius 3 is 2.74 bits per heavy atom. The number of hydrogen-bond acceptors (Lipinski definition) is 6. The van der Waals surface area contributed by atoms with Gasteiger partial charge < -0.3 is 10.1 Å². The number of nitrogens with one attached hydrogen (secondary N) is 1. The van der Waals surface area contributed by atoms with Crippen molar-refractivity contribution in [3.8, 4) is 5.75 Å². The fraction of sp³-hybridized carbons (Fsp3) is 0.375. The van der Waals surface area contributed by atoms with E-state index in [1.807, 2.05) is 6.92 Å². The third kappa shape index (κ3) is 3.81. The first-order chi connectivity index (χ1) is 12.8. The number of aryl methyl sites for hydroxylation is 2. The standard InChI is InChI=1S/C16H17F2N5O4/c1-9-7-14(21(2)20-9)22-6-5-11(15(22)24)19-10-3-4-12(23(25)26)13(8-10)27-16(17)18/h3-4,7-8,11,16,19H,5-6H2,1-2H3. The molecule has 2 aromatic rings. The highest BCUT2D eigenvalue weighted by molar-refractivity contribution is 6.00. The van der Waals surface area contributed by atoms with Crippen molar-refractivity contribution in [1.82, 2.24) is 9.78 Å². The number of aromatic nitrogens is 2. The summed E-state index contributed by atoms with van der Waals surface area (Å²) in [6.07, 6.45) is 0.477. The number of nitro benzene ring substituents is 1. The van der Waals surface area contributed by atoms with Crippen LogP contribution in [-0.2, 0) is 11.8 Å². The molecule has 1 aromatic heterocycles. The lowest BCUT2D eigenvalue weighted by atomic mass is 10.2. The zero-order valence-corrected chi connectivity index (χ0v) is 14.6. The predicted molar refractivity (Wildman–Crippen MR) is 92.1 cm³/mol. The van der Waals surface area contributed by atoms with Crippen LogP contribution in [-0.4, -0.2) is 39.8 Å². The maximum Gasteiger partial charge on any atom is 0.387 e. The van der Waals surface area contributed by atoms with Crippen molar-refractivity contribution in [2.75, 3.05) is 16.8 Å². The quantitative estimate of drug-likeness (QED) is 0.609. The second-order valence-corrected chi connectivity index (χ2v) is 6.06. The van der Waals surface area contributed by atoms with E-state index in [4.69, 9.17) is 0 Å². The Kier molecular flexibility index (Phi) is 4.93. The van der Waals surface area contributed by atoms with Crippen molar-refractivity contribution >= 4 is 23.1 Å². The number of ether oxygens (including phenoxy) is 1. The summed E-state index contributed by atoms with van der Waals surface area (Å²) in [6, 6.07) is 4.69. The summed E-state index contributed by atoms with van der Waals surface area (Å²) in [5.74, 6) is -0.107. The number of rotatable bonds is 6. The lowest BCUT2D eigenvalue weighted by Gasteiger charge is -2.17. The third-order valence-corrected chi connectivity index (χ3v) is 4.17. The molecule has 0 radical (unpaired) electrons. The number of nitro groups is 1.